The first-order valence-corrected chi connectivity index (χ1v) is 7.58. The van der Waals surface area contributed by atoms with Gasteiger partial charge >= 0.3 is 0 Å². The Morgan fingerprint density at radius 2 is 1.81 bits per heavy atom. The lowest BCUT2D eigenvalue weighted by molar-refractivity contribution is -0.121. The molecule has 4 nitrogen and oxygen atoms in total. The van der Waals surface area contributed by atoms with Gasteiger partial charge in [0.2, 0.25) is 5.91 Å². The predicted molar refractivity (Wildman–Crippen MR) is 92.5 cm³/mol. The van der Waals surface area contributed by atoms with Crippen LogP contribution in [0.15, 0.2) is 24.3 Å². The van der Waals surface area contributed by atoms with Crippen molar-refractivity contribution in [2.45, 2.75) is 39.8 Å². The zero-order valence-electron chi connectivity index (χ0n) is 13.4. The number of carbonyl (C=O) groups is 1. The van der Waals surface area contributed by atoms with E-state index in [1.54, 1.807) is 0 Å². The first-order valence-electron chi connectivity index (χ1n) is 7.17. The highest BCUT2D eigenvalue weighted by Crippen LogP contribution is 2.17. The molecule has 5 heteroatoms. The van der Waals surface area contributed by atoms with Crippen LogP contribution in [0.3, 0.4) is 0 Å². The van der Waals surface area contributed by atoms with Crippen molar-refractivity contribution < 1.29 is 4.79 Å². The second-order valence-corrected chi connectivity index (χ2v) is 6.16. The lowest BCUT2D eigenvalue weighted by atomic mass is 10.0. The van der Waals surface area contributed by atoms with Crippen molar-refractivity contribution in [1.82, 2.24) is 4.90 Å². The molecule has 0 radical (unpaired) electrons. The Balaban J connectivity index is 2.84. The van der Waals surface area contributed by atoms with Crippen LogP contribution in [0.1, 0.15) is 33.3 Å². The minimum atomic E-state index is -0.234. The predicted octanol–water partition coefficient (Wildman–Crippen LogP) is 2.62. The van der Waals surface area contributed by atoms with Gasteiger partial charge in [0, 0.05) is 11.6 Å². The summed E-state index contributed by atoms with van der Waals surface area (Å²) < 4.78 is 0. The highest BCUT2D eigenvalue weighted by atomic mass is 32.1. The van der Waals surface area contributed by atoms with Crippen LogP contribution in [-0.2, 0) is 4.79 Å². The van der Waals surface area contributed by atoms with E-state index in [4.69, 9.17) is 18.0 Å². The largest absolute Gasteiger partial charge is 0.389 e. The summed E-state index contributed by atoms with van der Waals surface area (Å²) >= 11 is 5.01. The number of benzene rings is 1. The molecule has 2 unspecified atom stereocenters. The summed E-state index contributed by atoms with van der Waals surface area (Å²) in [6.45, 7) is 8.32. The minimum absolute atomic E-state index is 0.0614. The molecule has 116 valence electrons. The number of carbonyl (C=O) groups excluding carboxylic acids is 1. The maximum atomic E-state index is 12.4. The van der Waals surface area contributed by atoms with E-state index in [1.165, 1.54) is 0 Å². The van der Waals surface area contributed by atoms with E-state index in [0.29, 0.717) is 23.2 Å². The molecule has 0 aromatic heterocycles. The fourth-order valence-corrected chi connectivity index (χ4v) is 2.23. The second-order valence-electron chi connectivity index (χ2n) is 5.73. The molecule has 1 amide bonds. The van der Waals surface area contributed by atoms with Gasteiger partial charge in [0.25, 0.3) is 0 Å². The highest BCUT2D eigenvalue weighted by molar-refractivity contribution is 7.80. The van der Waals surface area contributed by atoms with E-state index < -0.39 is 0 Å². The molecule has 0 heterocycles. The Bertz CT molecular complexity index is 516. The summed E-state index contributed by atoms with van der Waals surface area (Å²) in [5, 5.41) is 2.92. The average molecular weight is 307 g/mol. The first-order chi connectivity index (χ1) is 9.75. The first kappa shape index (κ1) is 17.6. The number of nitrogens with two attached hydrogens (primary N) is 1. The number of nitrogens with zero attached hydrogens (tertiary/aromatic N) is 1. The molecule has 21 heavy (non-hydrogen) atoms. The van der Waals surface area contributed by atoms with E-state index in [-0.39, 0.29) is 16.9 Å². The topological polar surface area (TPSA) is 58.4 Å². The van der Waals surface area contributed by atoms with Crippen molar-refractivity contribution >= 4 is 28.8 Å². The Hall–Kier alpha value is -1.46. The van der Waals surface area contributed by atoms with Crippen LogP contribution in [0.2, 0.25) is 0 Å². The van der Waals surface area contributed by atoms with Crippen molar-refractivity contribution in [3.05, 3.63) is 29.8 Å². The van der Waals surface area contributed by atoms with Crippen molar-refractivity contribution in [2.75, 3.05) is 12.4 Å². The third-order valence-electron chi connectivity index (χ3n) is 4.05. The molecule has 1 aromatic carbocycles. The molecule has 0 saturated heterocycles. The third kappa shape index (κ3) is 4.51. The number of rotatable bonds is 6. The zero-order valence-corrected chi connectivity index (χ0v) is 14.2. The van der Waals surface area contributed by atoms with Crippen LogP contribution in [0.5, 0.6) is 0 Å². The van der Waals surface area contributed by atoms with Crippen LogP contribution >= 0.6 is 12.2 Å². The Morgan fingerprint density at radius 3 is 2.33 bits per heavy atom. The summed E-state index contributed by atoms with van der Waals surface area (Å²) in [6, 6.07) is 7.40. The molecule has 0 aliphatic heterocycles. The minimum Gasteiger partial charge on any atom is -0.389 e. The van der Waals surface area contributed by atoms with Crippen LogP contribution in [0.4, 0.5) is 5.69 Å². The molecule has 3 N–H and O–H groups in total. The number of hydrogen-bond donors (Lipinski definition) is 2. The van der Waals surface area contributed by atoms with Crippen LogP contribution in [-0.4, -0.2) is 34.9 Å². The molecule has 0 bridgehead atoms. The SMILES string of the molecule is CC(C)C(C)N(C)C(C)C(=O)Nc1ccccc1C(N)=S. The van der Waals surface area contributed by atoms with E-state index in [2.05, 4.69) is 31.0 Å². The number of thiocarbonyl (C=S) groups is 1. The summed E-state index contributed by atoms with van der Waals surface area (Å²) in [6.07, 6.45) is 0. The van der Waals surface area contributed by atoms with Gasteiger partial charge in [-0.2, -0.15) is 0 Å². The van der Waals surface area contributed by atoms with Gasteiger partial charge in [-0.15, -0.1) is 0 Å². The zero-order chi connectivity index (χ0) is 16.2. The molecule has 2 atom stereocenters. The van der Waals surface area contributed by atoms with Gasteiger partial charge < -0.3 is 11.1 Å². The summed E-state index contributed by atoms with van der Waals surface area (Å²) in [5.41, 5.74) is 7.03. The number of para-hydroxylation sites is 1. The van der Waals surface area contributed by atoms with Crippen molar-refractivity contribution in [1.29, 1.82) is 0 Å². The number of anilines is 1. The molecule has 0 spiro atoms. The Morgan fingerprint density at radius 1 is 1.24 bits per heavy atom. The molecule has 0 saturated carbocycles. The third-order valence-corrected chi connectivity index (χ3v) is 4.27. The Labute approximate surface area is 132 Å². The maximum Gasteiger partial charge on any atom is 0.241 e. The average Bonchev–Trinajstić information content (AvgIpc) is 2.44. The number of nitrogens with one attached hydrogen (secondary N) is 1. The van der Waals surface area contributed by atoms with E-state index >= 15 is 0 Å². The fraction of sp³-hybridized carbons (Fsp3) is 0.500. The monoisotopic (exact) mass is 307 g/mol. The van der Waals surface area contributed by atoms with Gasteiger partial charge in [0.05, 0.1) is 11.7 Å². The maximum absolute atomic E-state index is 12.4. The highest BCUT2D eigenvalue weighted by Gasteiger charge is 2.24. The van der Waals surface area contributed by atoms with Gasteiger partial charge in [-0.1, -0.05) is 38.2 Å². The molecule has 1 rings (SSSR count). The lowest BCUT2D eigenvalue weighted by Gasteiger charge is -2.32. The van der Waals surface area contributed by atoms with E-state index in [9.17, 15) is 4.79 Å². The van der Waals surface area contributed by atoms with Crippen LogP contribution in [0.25, 0.3) is 0 Å². The van der Waals surface area contributed by atoms with Crippen molar-refractivity contribution in [2.24, 2.45) is 11.7 Å². The summed E-state index contributed by atoms with van der Waals surface area (Å²) in [4.78, 5) is 14.8. The molecular formula is C16H25N3OS. The summed E-state index contributed by atoms with van der Waals surface area (Å²) in [7, 11) is 1.97. The Kier molecular flexibility index (Phi) is 6.30. The number of hydrogen-bond acceptors (Lipinski definition) is 3. The van der Waals surface area contributed by atoms with Crippen molar-refractivity contribution in [3.8, 4) is 0 Å². The van der Waals surface area contributed by atoms with Crippen LogP contribution < -0.4 is 11.1 Å². The van der Waals surface area contributed by atoms with Gasteiger partial charge in [-0.25, -0.2) is 0 Å². The molecular weight excluding hydrogens is 282 g/mol. The van der Waals surface area contributed by atoms with E-state index in [1.807, 2.05) is 38.2 Å². The van der Waals surface area contributed by atoms with Gasteiger partial charge in [-0.3, -0.25) is 9.69 Å². The van der Waals surface area contributed by atoms with Crippen molar-refractivity contribution in [3.63, 3.8) is 0 Å². The molecule has 1 aromatic rings. The summed E-state index contributed by atoms with van der Waals surface area (Å²) in [5.74, 6) is 0.419. The van der Waals surface area contributed by atoms with Gasteiger partial charge in [0.1, 0.15) is 4.99 Å². The molecule has 0 aliphatic carbocycles. The second kappa shape index (κ2) is 7.52. The lowest BCUT2D eigenvalue weighted by Crippen LogP contribution is -2.46. The van der Waals surface area contributed by atoms with Gasteiger partial charge in [-0.05, 0) is 38.9 Å². The smallest absolute Gasteiger partial charge is 0.241 e. The molecule has 0 fully saturated rings. The standard InChI is InChI=1S/C16H25N3OS/c1-10(2)11(3)19(5)12(4)16(20)18-14-9-7-6-8-13(14)15(17)21/h6-12H,1-5H3,(H2,17,21)(H,18,20). The fourth-order valence-electron chi connectivity index (χ4n) is 2.05. The van der Waals surface area contributed by atoms with Crippen LogP contribution in [0, 0.1) is 5.92 Å². The normalized spacial score (nSPS) is 14.0. The van der Waals surface area contributed by atoms with Gasteiger partial charge in [0.15, 0.2) is 0 Å². The quantitative estimate of drug-likeness (QED) is 0.793. The number of amides is 1. The number of likely N-dealkylation sites (N-methyl/N-ethyl adjacent to an activating group) is 1. The molecule has 0 aliphatic rings. The van der Waals surface area contributed by atoms with E-state index in [0.717, 1.165) is 0 Å².